The predicted molar refractivity (Wildman–Crippen MR) is 48.6 cm³/mol. The highest BCUT2D eigenvalue weighted by atomic mass is 16.4. The van der Waals surface area contributed by atoms with E-state index in [1.165, 1.54) is 0 Å². The number of nitrogens with one attached hydrogen (secondary N) is 1. The fraction of sp³-hybridized carbons (Fsp3) is 0.444. The average molecular weight is 193 g/mol. The lowest BCUT2D eigenvalue weighted by molar-refractivity contribution is -0.139. The van der Waals surface area contributed by atoms with Crippen molar-refractivity contribution in [1.82, 2.24) is 15.3 Å². The van der Waals surface area contributed by atoms with E-state index in [-0.39, 0.29) is 6.04 Å². The molecule has 2 rings (SSSR count). The number of rotatable bonds is 2. The van der Waals surface area contributed by atoms with Gasteiger partial charge in [0.1, 0.15) is 6.04 Å². The first kappa shape index (κ1) is 9.08. The molecule has 5 heteroatoms. The average Bonchev–Trinajstić information content (AvgIpc) is 2.68. The number of carboxylic acids is 1. The number of nitrogens with zero attached hydrogens (tertiary/aromatic N) is 2. The zero-order valence-electron chi connectivity index (χ0n) is 7.55. The van der Waals surface area contributed by atoms with Crippen LogP contribution < -0.4 is 5.32 Å². The van der Waals surface area contributed by atoms with Crippen molar-refractivity contribution in [2.75, 3.05) is 0 Å². The fourth-order valence-electron chi connectivity index (χ4n) is 1.66. The molecule has 14 heavy (non-hydrogen) atoms. The lowest BCUT2D eigenvalue weighted by Gasteiger charge is -2.09. The van der Waals surface area contributed by atoms with Crippen molar-refractivity contribution in [2.24, 2.45) is 0 Å². The number of carbonyl (C=O) groups is 1. The van der Waals surface area contributed by atoms with Crippen LogP contribution in [0.1, 0.15) is 24.6 Å². The van der Waals surface area contributed by atoms with Crippen LogP contribution in [0.3, 0.4) is 0 Å². The van der Waals surface area contributed by atoms with Crippen LogP contribution in [0.25, 0.3) is 0 Å². The van der Waals surface area contributed by atoms with Gasteiger partial charge < -0.3 is 5.11 Å². The number of aliphatic carboxylic acids is 1. The molecule has 0 bridgehead atoms. The molecular weight excluding hydrogens is 182 g/mol. The third kappa shape index (κ3) is 1.72. The number of hydrogen-bond donors (Lipinski definition) is 2. The van der Waals surface area contributed by atoms with Crippen molar-refractivity contribution >= 4 is 5.97 Å². The molecule has 5 nitrogen and oxygen atoms in total. The van der Waals surface area contributed by atoms with Gasteiger partial charge >= 0.3 is 5.97 Å². The van der Waals surface area contributed by atoms with Crippen molar-refractivity contribution in [2.45, 2.75) is 24.9 Å². The lowest BCUT2D eigenvalue weighted by Crippen LogP contribution is -2.32. The molecule has 0 saturated carbocycles. The van der Waals surface area contributed by atoms with Crippen LogP contribution in [-0.4, -0.2) is 27.1 Å². The highest BCUT2D eigenvalue weighted by Gasteiger charge is 2.30. The summed E-state index contributed by atoms with van der Waals surface area (Å²) in [6.45, 7) is 0. The molecule has 1 aromatic rings. The minimum atomic E-state index is -0.795. The maximum Gasteiger partial charge on any atom is 0.320 e. The Kier molecular flexibility index (Phi) is 2.41. The second-order valence-corrected chi connectivity index (χ2v) is 3.32. The van der Waals surface area contributed by atoms with Gasteiger partial charge in [0.25, 0.3) is 0 Å². The van der Waals surface area contributed by atoms with Crippen molar-refractivity contribution in [3.63, 3.8) is 0 Å². The van der Waals surface area contributed by atoms with Crippen LogP contribution >= 0.6 is 0 Å². The van der Waals surface area contributed by atoms with Crippen molar-refractivity contribution in [3.05, 3.63) is 24.3 Å². The molecule has 0 spiro atoms. The minimum Gasteiger partial charge on any atom is -0.480 e. The molecule has 0 unspecified atom stereocenters. The molecular formula is C9H11N3O2. The molecule has 1 aliphatic rings. The summed E-state index contributed by atoms with van der Waals surface area (Å²) in [7, 11) is 0. The summed E-state index contributed by atoms with van der Waals surface area (Å²) in [4.78, 5) is 18.8. The monoisotopic (exact) mass is 193 g/mol. The molecule has 0 aromatic carbocycles. The first-order valence-electron chi connectivity index (χ1n) is 4.52. The van der Waals surface area contributed by atoms with Gasteiger partial charge in [0, 0.05) is 18.6 Å². The van der Waals surface area contributed by atoms with Crippen LogP contribution in [0.4, 0.5) is 0 Å². The van der Waals surface area contributed by atoms with E-state index < -0.39 is 12.0 Å². The second-order valence-electron chi connectivity index (χ2n) is 3.32. The first-order chi connectivity index (χ1) is 6.77. The summed E-state index contributed by atoms with van der Waals surface area (Å²) in [6.07, 6.45) is 6.34. The van der Waals surface area contributed by atoms with Gasteiger partial charge in [-0.25, -0.2) is 0 Å². The molecule has 0 aliphatic carbocycles. The van der Waals surface area contributed by atoms with Gasteiger partial charge in [0.2, 0.25) is 0 Å². The van der Waals surface area contributed by atoms with E-state index in [2.05, 4.69) is 15.3 Å². The van der Waals surface area contributed by atoms with Crippen molar-refractivity contribution in [1.29, 1.82) is 0 Å². The van der Waals surface area contributed by atoms with Gasteiger partial charge in [-0.15, -0.1) is 0 Å². The van der Waals surface area contributed by atoms with Gasteiger partial charge in [-0.2, -0.15) is 0 Å². The molecule has 2 heterocycles. The summed E-state index contributed by atoms with van der Waals surface area (Å²) < 4.78 is 0. The van der Waals surface area contributed by atoms with E-state index in [0.717, 1.165) is 12.1 Å². The zero-order chi connectivity index (χ0) is 9.97. The Bertz CT molecular complexity index is 328. The summed E-state index contributed by atoms with van der Waals surface area (Å²) in [5, 5.41) is 11.8. The number of aromatic nitrogens is 2. The minimum absolute atomic E-state index is 0.0322. The standard InChI is InChI=1S/C9H11N3O2/c13-9(14)7-2-1-6(12-7)8-5-10-3-4-11-8/h3-7,12H,1-2H2,(H,13,14)/t6-,7-/m1/s1. The third-order valence-corrected chi connectivity index (χ3v) is 2.38. The molecule has 0 amide bonds. The van der Waals surface area contributed by atoms with Crippen LogP contribution in [0.15, 0.2) is 18.6 Å². The van der Waals surface area contributed by atoms with Crippen LogP contribution in [0.2, 0.25) is 0 Å². The second kappa shape index (κ2) is 3.71. The molecule has 1 aromatic heterocycles. The Hall–Kier alpha value is -1.49. The van der Waals surface area contributed by atoms with Gasteiger partial charge in [-0.05, 0) is 12.8 Å². The maximum atomic E-state index is 10.7. The zero-order valence-corrected chi connectivity index (χ0v) is 7.55. The van der Waals surface area contributed by atoms with Gasteiger partial charge in [0.15, 0.2) is 0 Å². The Morgan fingerprint density at radius 1 is 1.50 bits per heavy atom. The Morgan fingerprint density at radius 3 is 2.93 bits per heavy atom. The van der Waals surface area contributed by atoms with Crippen LogP contribution in [0, 0.1) is 0 Å². The van der Waals surface area contributed by atoms with E-state index >= 15 is 0 Å². The molecule has 0 radical (unpaired) electrons. The molecule has 1 fully saturated rings. The highest BCUT2D eigenvalue weighted by Crippen LogP contribution is 2.24. The number of carboxylic acid groups (broad SMARTS) is 1. The number of hydrogen-bond acceptors (Lipinski definition) is 4. The van der Waals surface area contributed by atoms with Crippen molar-refractivity contribution < 1.29 is 9.90 Å². The smallest absolute Gasteiger partial charge is 0.320 e. The summed E-state index contributed by atoms with van der Waals surface area (Å²) in [5.41, 5.74) is 0.816. The molecule has 2 atom stereocenters. The van der Waals surface area contributed by atoms with Gasteiger partial charge in [0.05, 0.1) is 11.7 Å². The molecule has 2 N–H and O–H groups in total. The topological polar surface area (TPSA) is 75.1 Å². The van der Waals surface area contributed by atoms with Gasteiger partial charge in [-0.1, -0.05) is 0 Å². The van der Waals surface area contributed by atoms with Crippen LogP contribution in [-0.2, 0) is 4.79 Å². The summed E-state index contributed by atoms with van der Waals surface area (Å²) in [5.74, 6) is -0.795. The first-order valence-corrected chi connectivity index (χ1v) is 4.52. The summed E-state index contributed by atoms with van der Waals surface area (Å²) >= 11 is 0. The Morgan fingerprint density at radius 2 is 2.36 bits per heavy atom. The predicted octanol–water partition coefficient (Wildman–Crippen LogP) is 0.354. The van der Waals surface area contributed by atoms with E-state index in [1.807, 2.05) is 0 Å². The normalized spacial score (nSPS) is 26.3. The summed E-state index contributed by atoms with van der Waals surface area (Å²) in [6, 6.07) is -0.410. The lowest BCUT2D eigenvalue weighted by atomic mass is 10.1. The van der Waals surface area contributed by atoms with E-state index in [4.69, 9.17) is 5.11 Å². The quantitative estimate of drug-likeness (QED) is 0.709. The third-order valence-electron chi connectivity index (χ3n) is 2.38. The Balaban J connectivity index is 2.06. The highest BCUT2D eigenvalue weighted by molar-refractivity contribution is 5.73. The molecule has 1 saturated heterocycles. The van der Waals surface area contributed by atoms with E-state index in [9.17, 15) is 4.79 Å². The fourth-order valence-corrected chi connectivity index (χ4v) is 1.66. The molecule has 1 aliphatic heterocycles. The maximum absolute atomic E-state index is 10.7. The van der Waals surface area contributed by atoms with E-state index in [1.54, 1.807) is 18.6 Å². The van der Waals surface area contributed by atoms with Crippen LogP contribution in [0.5, 0.6) is 0 Å². The largest absolute Gasteiger partial charge is 0.480 e. The SMILES string of the molecule is O=C(O)[C@H]1CC[C@H](c2cnccn2)N1. The van der Waals surface area contributed by atoms with Crippen molar-refractivity contribution in [3.8, 4) is 0 Å². The molecule has 74 valence electrons. The van der Waals surface area contributed by atoms with Gasteiger partial charge in [-0.3, -0.25) is 20.1 Å². The Labute approximate surface area is 81.2 Å². The van der Waals surface area contributed by atoms with E-state index in [0.29, 0.717) is 6.42 Å².